The van der Waals surface area contributed by atoms with Crippen molar-refractivity contribution in [2.75, 3.05) is 17.2 Å². The van der Waals surface area contributed by atoms with Gasteiger partial charge in [-0.05, 0) is 19.1 Å². The number of anilines is 2. The molecule has 0 saturated heterocycles. The first-order chi connectivity index (χ1) is 8.29. The third-order valence-electron chi connectivity index (χ3n) is 2.03. The van der Waals surface area contributed by atoms with Crippen LogP contribution in [0.5, 0.6) is 0 Å². The number of pyridine rings is 1. The zero-order chi connectivity index (χ0) is 12.1. The summed E-state index contributed by atoms with van der Waals surface area (Å²) < 4.78 is 0. The summed E-state index contributed by atoms with van der Waals surface area (Å²) in [7, 11) is 0. The molecule has 2 aromatic heterocycles. The second-order valence-electron chi connectivity index (χ2n) is 3.25. The van der Waals surface area contributed by atoms with E-state index >= 15 is 0 Å². The van der Waals surface area contributed by atoms with Crippen molar-refractivity contribution < 1.29 is 4.79 Å². The van der Waals surface area contributed by atoms with Crippen LogP contribution in [0.2, 0.25) is 0 Å². The van der Waals surface area contributed by atoms with Gasteiger partial charge in [-0.15, -0.1) is 11.3 Å². The van der Waals surface area contributed by atoms with Gasteiger partial charge in [0.1, 0.15) is 5.82 Å². The maximum Gasteiger partial charge on any atom is 0.257 e. The van der Waals surface area contributed by atoms with Crippen molar-refractivity contribution in [1.82, 2.24) is 9.97 Å². The first kappa shape index (κ1) is 11.5. The predicted molar refractivity (Wildman–Crippen MR) is 68.5 cm³/mol. The van der Waals surface area contributed by atoms with E-state index in [1.54, 1.807) is 24.5 Å². The number of hydrogen-bond donors (Lipinski definition) is 2. The molecule has 88 valence electrons. The summed E-state index contributed by atoms with van der Waals surface area (Å²) in [5.74, 6) is 0.515. The molecule has 6 heteroatoms. The molecule has 0 aliphatic carbocycles. The SMILES string of the molecule is CCNc1cc(C(=O)Nc2nccs2)ccn1. The second-order valence-corrected chi connectivity index (χ2v) is 4.15. The Bertz CT molecular complexity index is 498. The zero-order valence-corrected chi connectivity index (χ0v) is 10.1. The summed E-state index contributed by atoms with van der Waals surface area (Å²) in [6.07, 6.45) is 3.26. The number of amides is 1. The highest BCUT2D eigenvalue weighted by Gasteiger charge is 2.08. The molecule has 0 radical (unpaired) electrons. The Morgan fingerprint density at radius 1 is 1.41 bits per heavy atom. The van der Waals surface area contributed by atoms with Crippen molar-refractivity contribution in [3.05, 3.63) is 35.5 Å². The van der Waals surface area contributed by atoms with Gasteiger partial charge in [0.25, 0.3) is 5.91 Å². The highest BCUT2D eigenvalue weighted by Crippen LogP contribution is 2.13. The number of nitrogens with one attached hydrogen (secondary N) is 2. The molecule has 5 nitrogen and oxygen atoms in total. The molecule has 1 amide bonds. The van der Waals surface area contributed by atoms with E-state index in [2.05, 4.69) is 20.6 Å². The van der Waals surface area contributed by atoms with Crippen molar-refractivity contribution in [3.63, 3.8) is 0 Å². The van der Waals surface area contributed by atoms with Crippen LogP contribution in [0.3, 0.4) is 0 Å². The summed E-state index contributed by atoms with van der Waals surface area (Å²) in [5, 5.41) is 8.18. The van der Waals surface area contributed by atoms with E-state index in [-0.39, 0.29) is 5.91 Å². The third kappa shape index (κ3) is 3.01. The molecule has 0 unspecified atom stereocenters. The van der Waals surface area contributed by atoms with Crippen molar-refractivity contribution in [2.45, 2.75) is 6.92 Å². The number of aromatic nitrogens is 2. The number of carbonyl (C=O) groups excluding carboxylic acids is 1. The Labute approximate surface area is 103 Å². The Balaban J connectivity index is 2.11. The fourth-order valence-electron chi connectivity index (χ4n) is 1.30. The van der Waals surface area contributed by atoms with Crippen LogP contribution in [0.15, 0.2) is 29.9 Å². The zero-order valence-electron chi connectivity index (χ0n) is 9.30. The van der Waals surface area contributed by atoms with E-state index in [1.807, 2.05) is 12.3 Å². The Kier molecular flexibility index (Phi) is 3.66. The Morgan fingerprint density at radius 3 is 3.00 bits per heavy atom. The summed E-state index contributed by atoms with van der Waals surface area (Å²) >= 11 is 1.39. The smallest absolute Gasteiger partial charge is 0.257 e. The van der Waals surface area contributed by atoms with Crippen molar-refractivity contribution in [3.8, 4) is 0 Å². The van der Waals surface area contributed by atoms with Crippen molar-refractivity contribution >= 4 is 28.2 Å². The standard InChI is InChI=1S/C11H12N4OS/c1-2-12-9-7-8(3-4-13-9)10(16)15-11-14-5-6-17-11/h3-7H,2H2,1H3,(H,12,13)(H,14,15,16). The largest absolute Gasteiger partial charge is 0.370 e. The minimum absolute atomic E-state index is 0.179. The number of nitrogens with zero attached hydrogens (tertiary/aromatic N) is 2. The molecular formula is C11H12N4OS. The first-order valence-electron chi connectivity index (χ1n) is 5.20. The number of thiazole rings is 1. The second kappa shape index (κ2) is 5.40. The van der Waals surface area contributed by atoms with E-state index in [0.717, 1.165) is 6.54 Å². The van der Waals surface area contributed by atoms with Gasteiger partial charge < -0.3 is 5.32 Å². The average Bonchev–Trinajstić information content (AvgIpc) is 2.83. The van der Waals surface area contributed by atoms with Crippen molar-refractivity contribution in [2.24, 2.45) is 0 Å². The highest BCUT2D eigenvalue weighted by molar-refractivity contribution is 7.13. The minimum atomic E-state index is -0.179. The molecule has 2 heterocycles. The number of rotatable bonds is 4. The van der Waals surface area contributed by atoms with E-state index < -0.39 is 0 Å². The molecular weight excluding hydrogens is 236 g/mol. The summed E-state index contributed by atoms with van der Waals surface area (Å²) in [5.41, 5.74) is 0.561. The quantitative estimate of drug-likeness (QED) is 0.870. The van der Waals surface area contributed by atoms with Crippen LogP contribution in [-0.2, 0) is 0 Å². The molecule has 0 spiro atoms. The lowest BCUT2D eigenvalue weighted by atomic mass is 10.2. The van der Waals surface area contributed by atoms with Crippen LogP contribution in [0, 0.1) is 0 Å². The monoisotopic (exact) mass is 248 g/mol. The van der Waals surface area contributed by atoms with Crippen LogP contribution < -0.4 is 10.6 Å². The molecule has 2 N–H and O–H groups in total. The molecule has 0 saturated carbocycles. The number of carbonyl (C=O) groups is 1. The molecule has 0 aliphatic heterocycles. The molecule has 0 aliphatic rings. The Hall–Kier alpha value is -1.95. The van der Waals surface area contributed by atoms with Gasteiger partial charge in [-0.3, -0.25) is 10.1 Å². The summed E-state index contributed by atoms with van der Waals surface area (Å²) in [6.45, 7) is 2.74. The molecule has 0 aromatic carbocycles. The third-order valence-corrected chi connectivity index (χ3v) is 2.72. The van der Waals surface area contributed by atoms with Gasteiger partial charge in [0, 0.05) is 29.9 Å². The number of hydrogen-bond acceptors (Lipinski definition) is 5. The molecule has 2 rings (SSSR count). The lowest BCUT2D eigenvalue weighted by Gasteiger charge is -2.05. The normalized spacial score (nSPS) is 9.94. The average molecular weight is 248 g/mol. The van der Waals surface area contributed by atoms with E-state index in [0.29, 0.717) is 16.5 Å². The maximum atomic E-state index is 11.9. The van der Waals surface area contributed by atoms with Crippen LogP contribution in [-0.4, -0.2) is 22.4 Å². The molecule has 17 heavy (non-hydrogen) atoms. The van der Waals surface area contributed by atoms with Gasteiger partial charge in [0.05, 0.1) is 0 Å². The fraction of sp³-hybridized carbons (Fsp3) is 0.182. The van der Waals surface area contributed by atoms with Gasteiger partial charge in [0.15, 0.2) is 5.13 Å². The lowest BCUT2D eigenvalue weighted by Crippen LogP contribution is -2.12. The van der Waals surface area contributed by atoms with Crippen LogP contribution in [0.4, 0.5) is 10.9 Å². The van der Waals surface area contributed by atoms with Crippen LogP contribution in [0.25, 0.3) is 0 Å². The summed E-state index contributed by atoms with van der Waals surface area (Å²) in [4.78, 5) is 20.0. The summed E-state index contributed by atoms with van der Waals surface area (Å²) in [6, 6.07) is 3.39. The Morgan fingerprint density at radius 2 is 2.29 bits per heavy atom. The molecule has 0 fully saturated rings. The lowest BCUT2D eigenvalue weighted by molar-refractivity contribution is 0.102. The molecule has 2 aromatic rings. The maximum absolute atomic E-state index is 11.9. The van der Waals surface area contributed by atoms with Gasteiger partial charge >= 0.3 is 0 Å². The fourth-order valence-corrected chi connectivity index (χ4v) is 1.83. The highest BCUT2D eigenvalue weighted by atomic mass is 32.1. The van der Waals surface area contributed by atoms with Gasteiger partial charge in [0.2, 0.25) is 0 Å². The van der Waals surface area contributed by atoms with E-state index in [4.69, 9.17) is 0 Å². The van der Waals surface area contributed by atoms with Crippen molar-refractivity contribution in [1.29, 1.82) is 0 Å². The molecule has 0 bridgehead atoms. The topological polar surface area (TPSA) is 66.9 Å². The van der Waals surface area contributed by atoms with Gasteiger partial charge in [-0.2, -0.15) is 0 Å². The molecule has 0 atom stereocenters. The first-order valence-corrected chi connectivity index (χ1v) is 6.08. The van der Waals surface area contributed by atoms with E-state index in [1.165, 1.54) is 11.3 Å². The van der Waals surface area contributed by atoms with E-state index in [9.17, 15) is 4.79 Å². The van der Waals surface area contributed by atoms with Crippen LogP contribution >= 0.6 is 11.3 Å². The van der Waals surface area contributed by atoms with Crippen LogP contribution in [0.1, 0.15) is 17.3 Å². The van der Waals surface area contributed by atoms with Gasteiger partial charge in [-0.1, -0.05) is 0 Å². The predicted octanol–water partition coefficient (Wildman–Crippen LogP) is 2.22. The minimum Gasteiger partial charge on any atom is -0.370 e. The van der Waals surface area contributed by atoms with Gasteiger partial charge in [-0.25, -0.2) is 9.97 Å².